The number of non-ortho nitro benzene ring substituents is 1. The maximum absolute atomic E-state index is 11.4. The molecule has 104 valence electrons. The molecule has 2 atom stereocenters. The summed E-state index contributed by atoms with van der Waals surface area (Å²) < 4.78 is 0. The Hall–Kier alpha value is -2.66. The molecule has 20 heavy (non-hydrogen) atoms. The zero-order chi connectivity index (χ0) is 14.9. The first kappa shape index (κ1) is 13.8. The van der Waals surface area contributed by atoms with Crippen LogP contribution in [-0.2, 0) is 4.79 Å². The van der Waals surface area contributed by atoms with Crippen LogP contribution in [0, 0.1) is 21.4 Å². The normalized spacial score (nSPS) is 21.5. The second-order valence-corrected chi connectivity index (χ2v) is 4.53. The summed E-state index contributed by atoms with van der Waals surface area (Å²) in [6.45, 7) is 0.153. The Kier molecular flexibility index (Phi) is 3.54. The SMILES string of the molecule is N#Cc1cc([N+](=O)[O-])ccc1N1C[C@H](O)C[C@H]1C(N)=O. The van der Waals surface area contributed by atoms with Crippen molar-refractivity contribution in [1.82, 2.24) is 0 Å². The molecule has 8 nitrogen and oxygen atoms in total. The predicted octanol–water partition coefficient (Wildman–Crippen LogP) is -0.109. The third-order valence-electron chi connectivity index (χ3n) is 3.23. The van der Waals surface area contributed by atoms with Gasteiger partial charge in [-0.15, -0.1) is 0 Å². The molecule has 1 aromatic rings. The maximum atomic E-state index is 11.4. The van der Waals surface area contributed by atoms with E-state index in [0.29, 0.717) is 5.69 Å². The summed E-state index contributed by atoms with van der Waals surface area (Å²) in [6.07, 6.45) is -0.550. The second kappa shape index (κ2) is 5.14. The van der Waals surface area contributed by atoms with Crippen molar-refractivity contribution in [2.24, 2.45) is 5.73 Å². The van der Waals surface area contributed by atoms with Crippen LogP contribution < -0.4 is 10.6 Å². The standard InChI is InChI=1S/C12H12N4O4/c13-5-7-3-8(16(19)20)1-2-10(7)15-6-9(17)4-11(15)12(14)18/h1-3,9,11,17H,4,6H2,(H2,14,18)/t9-,11+/m1/s1. The number of anilines is 1. The van der Waals surface area contributed by atoms with Gasteiger partial charge in [0, 0.05) is 25.1 Å². The Morgan fingerprint density at radius 2 is 2.30 bits per heavy atom. The zero-order valence-electron chi connectivity index (χ0n) is 10.4. The minimum absolute atomic E-state index is 0.0690. The molecule has 2 rings (SSSR count). The van der Waals surface area contributed by atoms with Crippen molar-refractivity contribution in [3.8, 4) is 6.07 Å². The lowest BCUT2D eigenvalue weighted by atomic mass is 10.1. The molecule has 0 bridgehead atoms. The van der Waals surface area contributed by atoms with E-state index >= 15 is 0 Å². The van der Waals surface area contributed by atoms with Crippen LogP contribution in [0.5, 0.6) is 0 Å². The number of nitrogens with zero attached hydrogens (tertiary/aromatic N) is 3. The van der Waals surface area contributed by atoms with Gasteiger partial charge in [-0.1, -0.05) is 0 Å². The molecule has 1 saturated heterocycles. The number of aliphatic hydroxyl groups excluding tert-OH is 1. The Morgan fingerprint density at radius 1 is 1.60 bits per heavy atom. The Morgan fingerprint density at radius 3 is 2.85 bits per heavy atom. The summed E-state index contributed by atoms with van der Waals surface area (Å²) in [5, 5.41) is 29.4. The molecule has 1 fully saturated rings. The van der Waals surface area contributed by atoms with E-state index in [4.69, 9.17) is 11.0 Å². The lowest BCUT2D eigenvalue weighted by Gasteiger charge is -2.24. The summed E-state index contributed by atoms with van der Waals surface area (Å²) in [6, 6.07) is 4.92. The highest BCUT2D eigenvalue weighted by atomic mass is 16.6. The molecule has 1 aromatic carbocycles. The van der Waals surface area contributed by atoms with E-state index in [0.717, 1.165) is 6.07 Å². The van der Waals surface area contributed by atoms with E-state index in [1.165, 1.54) is 17.0 Å². The Bertz CT molecular complexity index is 610. The van der Waals surface area contributed by atoms with Gasteiger partial charge >= 0.3 is 0 Å². The lowest BCUT2D eigenvalue weighted by molar-refractivity contribution is -0.384. The van der Waals surface area contributed by atoms with Gasteiger partial charge in [0.25, 0.3) is 5.69 Å². The van der Waals surface area contributed by atoms with Crippen molar-refractivity contribution in [3.05, 3.63) is 33.9 Å². The van der Waals surface area contributed by atoms with Crippen LogP contribution in [0.4, 0.5) is 11.4 Å². The summed E-state index contributed by atoms with van der Waals surface area (Å²) in [4.78, 5) is 23.0. The van der Waals surface area contributed by atoms with E-state index in [1.807, 2.05) is 6.07 Å². The molecule has 3 N–H and O–H groups in total. The van der Waals surface area contributed by atoms with Gasteiger partial charge in [-0.25, -0.2) is 0 Å². The number of hydrogen-bond donors (Lipinski definition) is 2. The van der Waals surface area contributed by atoms with Gasteiger partial charge in [0.1, 0.15) is 12.1 Å². The van der Waals surface area contributed by atoms with E-state index in [-0.39, 0.29) is 24.2 Å². The number of primary amides is 1. The topological polar surface area (TPSA) is 133 Å². The highest BCUT2D eigenvalue weighted by Gasteiger charge is 2.36. The number of nitriles is 1. The molecule has 0 radical (unpaired) electrons. The molecule has 8 heteroatoms. The Balaban J connectivity index is 2.44. The maximum Gasteiger partial charge on any atom is 0.270 e. The van der Waals surface area contributed by atoms with Crippen LogP contribution in [0.3, 0.4) is 0 Å². The van der Waals surface area contributed by atoms with Crippen LogP contribution in [0.1, 0.15) is 12.0 Å². The highest BCUT2D eigenvalue weighted by Crippen LogP contribution is 2.30. The third-order valence-corrected chi connectivity index (χ3v) is 3.23. The van der Waals surface area contributed by atoms with Crippen LogP contribution in [0.15, 0.2) is 18.2 Å². The monoisotopic (exact) mass is 276 g/mol. The molecule has 0 unspecified atom stereocenters. The third kappa shape index (κ3) is 2.39. The van der Waals surface area contributed by atoms with Crippen LogP contribution in [0.25, 0.3) is 0 Å². The van der Waals surface area contributed by atoms with Gasteiger partial charge in [0.05, 0.1) is 22.3 Å². The molecule has 0 aliphatic carbocycles. The minimum Gasteiger partial charge on any atom is -0.391 e. The fourth-order valence-electron chi connectivity index (χ4n) is 2.33. The zero-order valence-corrected chi connectivity index (χ0v) is 10.4. The molecule has 0 aromatic heterocycles. The minimum atomic E-state index is -0.728. The van der Waals surface area contributed by atoms with Crippen molar-refractivity contribution >= 4 is 17.3 Å². The van der Waals surface area contributed by atoms with Gasteiger partial charge in [-0.05, 0) is 6.07 Å². The number of nitro groups is 1. The number of carbonyl (C=O) groups excluding carboxylic acids is 1. The summed E-state index contributed by atoms with van der Waals surface area (Å²) in [5.74, 6) is -0.608. The number of rotatable bonds is 3. The molecule has 1 amide bonds. The average Bonchev–Trinajstić information content (AvgIpc) is 2.80. The van der Waals surface area contributed by atoms with Crippen LogP contribution in [-0.4, -0.2) is 34.6 Å². The summed E-state index contributed by atoms with van der Waals surface area (Å²) >= 11 is 0. The Labute approximate surface area is 114 Å². The number of β-amino-alcohol motifs (C(OH)–C–C–N with tert-alkyl or cyclic N) is 1. The average molecular weight is 276 g/mol. The van der Waals surface area contributed by atoms with E-state index in [2.05, 4.69) is 0 Å². The van der Waals surface area contributed by atoms with Crippen LogP contribution in [0.2, 0.25) is 0 Å². The lowest BCUT2D eigenvalue weighted by Crippen LogP contribution is -2.40. The highest BCUT2D eigenvalue weighted by molar-refractivity contribution is 5.85. The van der Waals surface area contributed by atoms with Crippen molar-refractivity contribution in [1.29, 1.82) is 5.26 Å². The van der Waals surface area contributed by atoms with Crippen molar-refractivity contribution in [3.63, 3.8) is 0 Å². The quantitative estimate of drug-likeness (QED) is 0.584. The first-order chi connectivity index (χ1) is 9.43. The van der Waals surface area contributed by atoms with E-state index in [1.54, 1.807) is 0 Å². The number of amides is 1. The molecular weight excluding hydrogens is 264 g/mol. The fraction of sp³-hybridized carbons (Fsp3) is 0.333. The van der Waals surface area contributed by atoms with Gasteiger partial charge in [-0.2, -0.15) is 5.26 Å². The first-order valence-electron chi connectivity index (χ1n) is 5.86. The first-order valence-corrected chi connectivity index (χ1v) is 5.86. The molecule has 1 aliphatic heterocycles. The van der Waals surface area contributed by atoms with E-state index in [9.17, 15) is 20.0 Å². The van der Waals surface area contributed by atoms with Gasteiger partial charge in [0.15, 0.2) is 0 Å². The number of benzene rings is 1. The molecule has 1 aliphatic rings. The summed E-state index contributed by atoms with van der Waals surface area (Å²) in [5.41, 5.74) is 5.50. The predicted molar refractivity (Wildman–Crippen MR) is 68.8 cm³/mol. The van der Waals surface area contributed by atoms with Crippen molar-refractivity contribution in [2.75, 3.05) is 11.4 Å². The van der Waals surface area contributed by atoms with Gasteiger partial charge in [0.2, 0.25) is 5.91 Å². The van der Waals surface area contributed by atoms with Crippen LogP contribution >= 0.6 is 0 Å². The van der Waals surface area contributed by atoms with Crippen molar-refractivity contribution in [2.45, 2.75) is 18.6 Å². The number of carbonyl (C=O) groups is 1. The largest absolute Gasteiger partial charge is 0.391 e. The van der Waals surface area contributed by atoms with Gasteiger partial charge in [-0.3, -0.25) is 14.9 Å². The molecular formula is C12H12N4O4. The van der Waals surface area contributed by atoms with E-state index < -0.39 is 23.0 Å². The number of aliphatic hydroxyl groups is 1. The summed E-state index contributed by atoms with van der Waals surface area (Å²) in [7, 11) is 0. The molecule has 1 heterocycles. The fourth-order valence-corrected chi connectivity index (χ4v) is 2.33. The number of hydrogen-bond acceptors (Lipinski definition) is 6. The number of nitro benzene ring substituents is 1. The van der Waals surface area contributed by atoms with Crippen molar-refractivity contribution < 1.29 is 14.8 Å². The van der Waals surface area contributed by atoms with Gasteiger partial charge < -0.3 is 15.7 Å². The molecule has 0 saturated carbocycles. The molecule has 0 spiro atoms. The smallest absolute Gasteiger partial charge is 0.270 e. The number of nitrogens with two attached hydrogens (primary N) is 1. The second-order valence-electron chi connectivity index (χ2n) is 4.53.